The van der Waals surface area contributed by atoms with Crippen LogP contribution in [0.1, 0.15) is 50.8 Å². The van der Waals surface area contributed by atoms with Crippen LogP contribution in [0.15, 0.2) is 59.8 Å². The Balaban J connectivity index is 1.11. The lowest BCUT2D eigenvalue weighted by atomic mass is 10.1. The van der Waals surface area contributed by atoms with Gasteiger partial charge in [0.2, 0.25) is 0 Å². The van der Waals surface area contributed by atoms with Gasteiger partial charge in [-0.3, -0.25) is 9.28 Å². The normalized spacial score (nSPS) is 16.8. The predicted molar refractivity (Wildman–Crippen MR) is 151 cm³/mol. The molecule has 1 unspecified atom stereocenters. The predicted octanol–water partition coefficient (Wildman–Crippen LogP) is 5.40. The smallest absolute Gasteiger partial charge is 0.296 e. The number of benzene rings is 2. The van der Waals surface area contributed by atoms with Gasteiger partial charge in [0.05, 0.1) is 35.9 Å². The van der Waals surface area contributed by atoms with E-state index in [1.165, 1.54) is 0 Å². The highest BCUT2D eigenvalue weighted by atomic mass is 32.2. The van der Waals surface area contributed by atoms with Gasteiger partial charge >= 0.3 is 0 Å². The summed E-state index contributed by atoms with van der Waals surface area (Å²) < 4.78 is 49.5. The number of H-pyrrole nitrogens is 1. The van der Waals surface area contributed by atoms with Crippen LogP contribution in [0, 0.1) is 6.92 Å². The van der Waals surface area contributed by atoms with Crippen molar-refractivity contribution in [2.75, 3.05) is 26.4 Å². The monoisotopic (exact) mass is 568 g/mol. The number of nitrogens with one attached hydrogen (secondary N) is 1. The molecule has 1 saturated heterocycles. The number of aromatic nitrogens is 4. The molecule has 0 amide bonds. The Bertz CT molecular complexity index is 1480. The lowest BCUT2D eigenvalue weighted by molar-refractivity contribution is -0.0365. The third-order valence-corrected chi connectivity index (χ3v) is 8.19. The van der Waals surface area contributed by atoms with E-state index in [9.17, 15) is 8.42 Å². The number of fused-ring (bicyclic) bond motifs is 1. The summed E-state index contributed by atoms with van der Waals surface area (Å²) in [5.41, 5.74) is 3.74. The second kappa shape index (κ2) is 12.9. The Morgan fingerprint density at radius 3 is 2.73 bits per heavy atom. The summed E-state index contributed by atoms with van der Waals surface area (Å²) >= 11 is 0. The van der Waals surface area contributed by atoms with Gasteiger partial charge in [0.1, 0.15) is 11.4 Å². The largest absolute Gasteiger partial charge is 0.491 e. The average Bonchev–Trinajstić information content (AvgIpc) is 3.61. The van der Waals surface area contributed by atoms with E-state index in [-0.39, 0.29) is 23.8 Å². The number of hydrogen-bond acceptors (Lipinski definition) is 8. The van der Waals surface area contributed by atoms with Crippen molar-refractivity contribution in [3.63, 3.8) is 0 Å². The highest BCUT2D eigenvalue weighted by Crippen LogP contribution is 2.34. The molecule has 3 heterocycles. The Kier molecular flexibility index (Phi) is 9.15. The van der Waals surface area contributed by atoms with Crippen molar-refractivity contribution in [3.05, 3.63) is 60.4 Å². The van der Waals surface area contributed by atoms with Crippen LogP contribution in [0.25, 0.3) is 22.2 Å². The number of aromatic amines is 1. The summed E-state index contributed by atoms with van der Waals surface area (Å²) in [6.45, 7) is 5.61. The van der Waals surface area contributed by atoms with Crippen LogP contribution in [0.2, 0.25) is 0 Å². The molecule has 0 saturated carbocycles. The summed E-state index contributed by atoms with van der Waals surface area (Å²) in [5.74, 6) is 0.753. The van der Waals surface area contributed by atoms with Crippen LogP contribution in [0.3, 0.4) is 0 Å². The molecule has 10 nitrogen and oxygen atoms in total. The zero-order valence-electron chi connectivity index (χ0n) is 22.9. The molecule has 0 spiro atoms. The first-order chi connectivity index (χ1) is 19.4. The fraction of sp³-hybridized carbons (Fsp3) is 0.448. The fourth-order valence-electron chi connectivity index (χ4n) is 4.67. The van der Waals surface area contributed by atoms with Gasteiger partial charge in [0, 0.05) is 36.8 Å². The molecule has 1 fully saturated rings. The lowest BCUT2D eigenvalue weighted by Crippen LogP contribution is -2.19. The average molecular weight is 569 g/mol. The van der Waals surface area contributed by atoms with E-state index < -0.39 is 10.1 Å². The maximum absolute atomic E-state index is 12.3. The second-order valence-corrected chi connectivity index (χ2v) is 11.7. The second-order valence-electron chi connectivity index (χ2n) is 10.1. The van der Waals surface area contributed by atoms with Crippen molar-refractivity contribution < 1.29 is 26.8 Å². The SMILES string of the molecule is Cc1ccc(S(=O)(=O)OCCCOCC[C@@H](C)Oc2ccc3c(c2)c(-c2cn[nH]c2)nn3C2CCCCO2)cc1. The van der Waals surface area contributed by atoms with Crippen molar-refractivity contribution in [3.8, 4) is 17.0 Å². The quantitative estimate of drug-likeness (QED) is 0.168. The van der Waals surface area contributed by atoms with Gasteiger partial charge in [-0.2, -0.15) is 18.6 Å². The molecule has 214 valence electrons. The van der Waals surface area contributed by atoms with Gasteiger partial charge in [-0.05, 0) is 69.9 Å². The van der Waals surface area contributed by atoms with E-state index >= 15 is 0 Å². The number of nitrogens with zero attached hydrogens (tertiary/aromatic N) is 3. The molecular weight excluding hydrogens is 532 g/mol. The molecular formula is C29H36N4O6S. The summed E-state index contributed by atoms with van der Waals surface area (Å²) in [6.07, 6.45) is 7.74. The Labute approximate surface area is 234 Å². The third-order valence-electron chi connectivity index (χ3n) is 6.86. The van der Waals surface area contributed by atoms with Crippen molar-refractivity contribution in [2.45, 2.75) is 63.2 Å². The van der Waals surface area contributed by atoms with Crippen molar-refractivity contribution in [1.82, 2.24) is 20.0 Å². The Hall–Kier alpha value is -3.25. The molecule has 1 aliphatic rings. The van der Waals surface area contributed by atoms with Crippen LogP contribution in [-0.4, -0.2) is 60.9 Å². The topological polar surface area (TPSA) is 118 Å². The van der Waals surface area contributed by atoms with Crippen molar-refractivity contribution in [1.29, 1.82) is 0 Å². The van der Waals surface area contributed by atoms with Gasteiger partial charge in [-0.1, -0.05) is 17.7 Å². The number of aryl methyl sites for hydroxylation is 1. The van der Waals surface area contributed by atoms with Crippen LogP contribution < -0.4 is 4.74 Å². The van der Waals surface area contributed by atoms with E-state index in [2.05, 4.69) is 10.2 Å². The molecule has 11 heteroatoms. The Morgan fingerprint density at radius 2 is 1.98 bits per heavy atom. The maximum Gasteiger partial charge on any atom is 0.296 e. The van der Waals surface area contributed by atoms with E-state index in [4.69, 9.17) is 23.5 Å². The van der Waals surface area contributed by atoms with Gasteiger partial charge < -0.3 is 14.2 Å². The lowest BCUT2D eigenvalue weighted by Gasteiger charge is -2.23. The van der Waals surface area contributed by atoms with E-state index in [1.807, 2.05) is 42.9 Å². The molecule has 0 bridgehead atoms. The first kappa shape index (κ1) is 28.3. The standard InChI is InChI=1S/C29H36N4O6S/c1-21-7-10-25(11-8-21)40(34,35)38-16-5-14-36-17-13-22(2)39-24-9-12-27-26(18-24)29(23-19-30-31-20-23)32-33(27)28-6-3-4-15-37-28/h7-12,18-20,22,28H,3-6,13-17H2,1-2H3,(H,30,31)/t22-,28?/m1/s1. The van der Waals surface area contributed by atoms with Gasteiger partial charge in [-0.25, -0.2) is 4.68 Å². The first-order valence-corrected chi connectivity index (χ1v) is 15.1. The van der Waals surface area contributed by atoms with Gasteiger partial charge in [-0.15, -0.1) is 0 Å². The van der Waals surface area contributed by atoms with Crippen LogP contribution in [0.5, 0.6) is 5.75 Å². The summed E-state index contributed by atoms with van der Waals surface area (Å²) in [7, 11) is -3.75. The minimum absolute atomic E-state index is 0.0703. The molecule has 4 aromatic rings. The Morgan fingerprint density at radius 1 is 1.12 bits per heavy atom. The molecule has 40 heavy (non-hydrogen) atoms. The zero-order valence-corrected chi connectivity index (χ0v) is 23.7. The number of rotatable bonds is 13. The highest BCUT2D eigenvalue weighted by molar-refractivity contribution is 7.86. The molecule has 2 aromatic carbocycles. The third kappa shape index (κ3) is 6.90. The van der Waals surface area contributed by atoms with Gasteiger partial charge in [0.25, 0.3) is 10.1 Å². The molecule has 1 aliphatic heterocycles. The minimum atomic E-state index is -3.75. The van der Waals surface area contributed by atoms with Crippen LogP contribution in [0.4, 0.5) is 0 Å². The zero-order chi connectivity index (χ0) is 28.0. The fourth-order valence-corrected chi connectivity index (χ4v) is 5.61. The molecule has 1 N–H and O–H groups in total. The number of hydrogen-bond donors (Lipinski definition) is 1. The van der Waals surface area contributed by atoms with Crippen LogP contribution in [-0.2, 0) is 23.8 Å². The molecule has 2 aromatic heterocycles. The van der Waals surface area contributed by atoms with E-state index in [1.54, 1.807) is 30.5 Å². The highest BCUT2D eigenvalue weighted by Gasteiger charge is 2.22. The number of ether oxygens (including phenoxy) is 3. The minimum Gasteiger partial charge on any atom is -0.491 e. The van der Waals surface area contributed by atoms with Gasteiger partial charge in [0.15, 0.2) is 6.23 Å². The van der Waals surface area contributed by atoms with Crippen LogP contribution >= 0.6 is 0 Å². The maximum atomic E-state index is 12.3. The van der Waals surface area contributed by atoms with Crippen molar-refractivity contribution >= 4 is 21.0 Å². The van der Waals surface area contributed by atoms with E-state index in [0.717, 1.165) is 59.3 Å². The molecule has 5 rings (SSSR count). The van der Waals surface area contributed by atoms with Crippen molar-refractivity contribution in [2.24, 2.45) is 0 Å². The summed E-state index contributed by atoms with van der Waals surface area (Å²) in [6, 6.07) is 12.6. The molecule has 2 atom stereocenters. The summed E-state index contributed by atoms with van der Waals surface area (Å²) in [5, 5.41) is 12.9. The summed E-state index contributed by atoms with van der Waals surface area (Å²) in [4.78, 5) is 0.162. The molecule has 0 radical (unpaired) electrons. The first-order valence-electron chi connectivity index (χ1n) is 13.7. The van der Waals surface area contributed by atoms with E-state index in [0.29, 0.717) is 26.1 Å². The molecule has 0 aliphatic carbocycles.